The molecule has 2 rings (SSSR count). The molecule has 0 amide bonds. The molecule has 0 unspecified atom stereocenters. The Balaban J connectivity index is 0.00000288. The number of ether oxygens (including phenoxy) is 2. The minimum Gasteiger partial charge on any atom is -0.493 e. The highest BCUT2D eigenvalue weighted by Crippen LogP contribution is 2.29. The van der Waals surface area contributed by atoms with Crippen molar-refractivity contribution in [2.75, 3.05) is 13.7 Å². The van der Waals surface area contributed by atoms with Gasteiger partial charge in [-0.2, -0.15) is 0 Å². The number of aryl methyl sites for hydroxylation is 1. The first-order valence-corrected chi connectivity index (χ1v) is 8.15. The summed E-state index contributed by atoms with van der Waals surface area (Å²) in [5, 5.41) is 3.44. The van der Waals surface area contributed by atoms with Crippen molar-refractivity contribution in [2.24, 2.45) is 5.92 Å². The van der Waals surface area contributed by atoms with Crippen LogP contribution in [0.1, 0.15) is 30.5 Å². The molecule has 24 heavy (non-hydrogen) atoms. The van der Waals surface area contributed by atoms with Crippen LogP contribution in [-0.4, -0.2) is 13.7 Å². The van der Waals surface area contributed by atoms with Gasteiger partial charge >= 0.3 is 0 Å². The van der Waals surface area contributed by atoms with Crippen LogP contribution >= 0.6 is 12.4 Å². The van der Waals surface area contributed by atoms with Crippen LogP contribution in [0.15, 0.2) is 42.5 Å². The van der Waals surface area contributed by atoms with Crippen molar-refractivity contribution in [1.29, 1.82) is 0 Å². The average molecular weight is 350 g/mol. The summed E-state index contributed by atoms with van der Waals surface area (Å²) < 4.78 is 11.4. The van der Waals surface area contributed by atoms with Crippen LogP contribution in [0.25, 0.3) is 0 Å². The second kappa shape index (κ2) is 10.2. The van der Waals surface area contributed by atoms with E-state index >= 15 is 0 Å². The first-order valence-electron chi connectivity index (χ1n) is 8.15. The molecule has 2 aromatic carbocycles. The van der Waals surface area contributed by atoms with Gasteiger partial charge in [0.05, 0.1) is 7.11 Å². The molecule has 0 saturated carbocycles. The molecule has 4 heteroatoms. The van der Waals surface area contributed by atoms with Crippen LogP contribution < -0.4 is 14.8 Å². The summed E-state index contributed by atoms with van der Waals surface area (Å²) in [6, 6.07) is 14.4. The van der Waals surface area contributed by atoms with Crippen LogP contribution in [-0.2, 0) is 13.2 Å². The molecule has 0 saturated heterocycles. The van der Waals surface area contributed by atoms with Crippen LogP contribution in [0, 0.1) is 12.8 Å². The van der Waals surface area contributed by atoms with E-state index in [4.69, 9.17) is 9.47 Å². The Hall–Kier alpha value is -1.71. The summed E-state index contributed by atoms with van der Waals surface area (Å²) in [4.78, 5) is 0. The molecule has 0 aromatic heterocycles. The molecule has 0 radical (unpaired) electrons. The van der Waals surface area contributed by atoms with E-state index in [1.54, 1.807) is 7.11 Å². The molecule has 0 fully saturated rings. The van der Waals surface area contributed by atoms with Crippen LogP contribution in [0.5, 0.6) is 11.5 Å². The minimum atomic E-state index is 0. The quantitative estimate of drug-likeness (QED) is 0.746. The zero-order valence-electron chi connectivity index (χ0n) is 15.0. The summed E-state index contributed by atoms with van der Waals surface area (Å²) in [5.41, 5.74) is 3.63. The first-order chi connectivity index (χ1) is 11.1. The van der Waals surface area contributed by atoms with Gasteiger partial charge in [-0.05, 0) is 48.2 Å². The Labute approximate surface area is 151 Å². The number of hydrogen-bond donors (Lipinski definition) is 1. The van der Waals surface area contributed by atoms with Gasteiger partial charge in [-0.1, -0.05) is 44.2 Å². The van der Waals surface area contributed by atoms with Gasteiger partial charge in [0.15, 0.2) is 11.5 Å². The third-order valence-electron chi connectivity index (χ3n) is 3.75. The second-order valence-electron chi connectivity index (χ2n) is 6.23. The van der Waals surface area contributed by atoms with E-state index in [2.05, 4.69) is 44.3 Å². The van der Waals surface area contributed by atoms with Crippen LogP contribution in [0.3, 0.4) is 0 Å². The fourth-order valence-electron chi connectivity index (χ4n) is 2.37. The normalized spacial score (nSPS) is 10.4. The number of nitrogens with one attached hydrogen (secondary N) is 1. The van der Waals surface area contributed by atoms with Crippen molar-refractivity contribution in [3.8, 4) is 11.5 Å². The lowest BCUT2D eigenvalue weighted by molar-refractivity contribution is 0.283. The number of benzene rings is 2. The highest BCUT2D eigenvalue weighted by atomic mass is 35.5. The SMILES string of the molecule is COc1cc(CNCC(C)C)ccc1OCc1ccccc1C.Cl. The second-order valence-corrected chi connectivity index (χ2v) is 6.23. The predicted molar refractivity (Wildman–Crippen MR) is 102 cm³/mol. The van der Waals surface area contributed by atoms with Gasteiger partial charge in [0, 0.05) is 6.54 Å². The fourth-order valence-corrected chi connectivity index (χ4v) is 2.37. The van der Waals surface area contributed by atoms with E-state index in [0.717, 1.165) is 24.6 Å². The molecule has 0 aliphatic carbocycles. The maximum atomic E-state index is 5.95. The lowest BCUT2D eigenvalue weighted by atomic mass is 10.1. The number of rotatable bonds is 8. The van der Waals surface area contributed by atoms with Crippen molar-refractivity contribution in [3.63, 3.8) is 0 Å². The number of halogens is 1. The molecule has 3 nitrogen and oxygen atoms in total. The van der Waals surface area contributed by atoms with Gasteiger partial charge in [0.1, 0.15) is 6.61 Å². The van der Waals surface area contributed by atoms with Crippen molar-refractivity contribution in [1.82, 2.24) is 5.32 Å². The fraction of sp³-hybridized carbons (Fsp3) is 0.400. The van der Waals surface area contributed by atoms with E-state index in [-0.39, 0.29) is 12.4 Å². The highest BCUT2D eigenvalue weighted by molar-refractivity contribution is 5.85. The Morgan fingerprint density at radius 2 is 1.79 bits per heavy atom. The summed E-state index contributed by atoms with van der Waals surface area (Å²) >= 11 is 0. The van der Waals surface area contributed by atoms with E-state index in [1.165, 1.54) is 16.7 Å². The number of methoxy groups -OCH3 is 1. The summed E-state index contributed by atoms with van der Waals surface area (Å²) in [6.45, 7) is 8.90. The minimum absolute atomic E-state index is 0. The maximum Gasteiger partial charge on any atom is 0.161 e. The molecule has 0 spiro atoms. The Kier molecular flexibility index (Phi) is 8.66. The van der Waals surface area contributed by atoms with Crippen molar-refractivity contribution in [2.45, 2.75) is 33.9 Å². The molecule has 2 aromatic rings. The topological polar surface area (TPSA) is 30.5 Å². The Bertz CT molecular complexity index is 629. The smallest absolute Gasteiger partial charge is 0.161 e. The Morgan fingerprint density at radius 1 is 1.04 bits per heavy atom. The standard InChI is InChI=1S/C20H27NO2.ClH/c1-15(2)12-21-13-17-9-10-19(20(11-17)22-4)23-14-18-8-6-5-7-16(18)3;/h5-11,15,21H,12-14H2,1-4H3;1H. The van der Waals surface area contributed by atoms with Crippen molar-refractivity contribution >= 4 is 12.4 Å². The summed E-state index contributed by atoms with van der Waals surface area (Å²) in [6.07, 6.45) is 0. The summed E-state index contributed by atoms with van der Waals surface area (Å²) in [5.74, 6) is 2.21. The average Bonchev–Trinajstić information content (AvgIpc) is 2.54. The van der Waals surface area contributed by atoms with Gasteiger partial charge in [-0.25, -0.2) is 0 Å². The number of hydrogen-bond acceptors (Lipinski definition) is 3. The molecule has 0 aliphatic rings. The van der Waals surface area contributed by atoms with Gasteiger partial charge in [-0.3, -0.25) is 0 Å². The van der Waals surface area contributed by atoms with Crippen molar-refractivity contribution in [3.05, 3.63) is 59.2 Å². The third-order valence-corrected chi connectivity index (χ3v) is 3.75. The predicted octanol–water partition coefficient (Wildman–Crippen LogP) is 4.75. The molecule has 0 aliphatic heterocycles. The highest BCUT2D eigenvalue weighted by Gasteiger charge is 2.07. The zero-order valence-corrected chi connectivity index (χ0v) is 15.8. The third kappa shape index (κ3) is 6.06. The largest absolute Gasteiger partial charge is 0.493 e. The van der Waals surface area contributed by atoms with Gasteiger partial charge < -0.3 is 14.8 Å². The van der Waals surface area contributed by atoms with Gasteiger partial charge in [-0.15, -0.1) is 12.4 Å². The van der Waals surface area contributed by atoms with Crippen LogP contribution in [0.4, 0.5) is 0 Å². The molecule has 0 heterocycles. The molecule has 0 atom stereocenters. The zero-order chi connectivity index (χ0) is 16.7. The lowest BCUT2D eigenvalue weighted by Gasteiger charge is -2.14. The van der Waals surface area contributed by atoms with E-state index < -0.39 is 0 Å². The molecule has 1 N–H and O–H groups in total. The van der Waals surface area contributed by atoms with E-state index in [9.17, 15) is 0 Å². The van der Waals surface area contributed by atoms with Gasteiger partial charge in [0.25, 0.3) is 0 Å². The maximum absolute atomic E-state index is 5.95. The monoisotopic (exact) mass is 349 g/mol. The summed E-state index contributed by atoms with van der Waals surface area (Å²) in [7, 11) is 1.68. The van der Waals surface area contributed by atoms with Crippen molar-refractivity contribution < 1.29 is 9.47 Å². The van der Waals surface area contributed by atoms with E-state index in [1.807, 2.05) is 24.3 Å². The van der Waals surface area contributed by atoms with E-state index in [0.29, 0.717) is 12.5 Å². The lowest BCUT2D eigenvalue weighted by Crippen LogP contribution is -2.18. The Morgan fingerprint density at radius 3 is 2.46 bits per heavy atom. The first kappa shape index (κ1) is 20.3. The molecule has 0 bridgehead atoms. The molecule has 132 valence electrons. The molecular formula is C20H28ClNO2. The molecular weight excluding hydrogens is 322 g/mol. The van der Waals surface area contributed by atoms with Crippen LogP contribution in [0.2, 0.25) is 0 Å². The van der Waals surface area contributed by atoms with Gasteiger partial charge in [0.2, 0.25) is 0 Å².